The summed E-state index contributed by atoms with van der Waals surface area (Å²) in [5.74, 6) is -2.87. The number of benzene rings is 1. The zero-order valence-electron chi connectivity index (χ0n) is 11.4. The minimum absolute atomic E-state index is 0.282. The van der Waals surface area contributed by atoms with Gasteiger partial charge in [0.05, 0.1) is 10.6 Å². The lowest BCUT2D eigenvalue weighted by molar-refractivity contribution is 0.235. The molecular weight excluding hydrogens is 284 g/mol. The van der Waals surface area contributed by atoms with E-state index in [-0.39, 0.29) is 4.90 Å². The molecule has 0 saturated heterocycles. The standard InChI is InChI=1S/C14H19F2NO2S/c1-17(10-11-6-2-3-7-11)12-8-4-5-9-13(12)20(18,19)14(15)16/h4-5,8-9,11,14H,2-3,6-7,10H2,1H3. The van der Waals surface area contributed by atoms with E-state index in [1.807, 2.05) is 0 Å². The Kier molecular flexibility index (Phi) is 4.62. The van der Waals surface area contributed by atoms with Crippen molar-refractivity contribution in [3.05, 3.63) is 24.3 Å². The molecule has 0 bridgehead atoms. The fourth-order valence-electron chi connectivity index (χ4n) is 2.79. The smallest absolute Gasteiger partial charge is 0.341 e. The minimum atomic E-state index is -4.56. The van der Waals surface area contributed by atoms with Gasteiger partial charge in [-0.15, -0.1) is 0 Å². The fourth-order valence-corrected chi connectivity index (χ4v) is 3.76. The Morgan fingerprint density at radius 3 is 2.45 bits per heavy atom. The molecule has 6 heteroatoms. The van der Waals surface area contributed by atoms with Crippen molar-refractivity contribution >= 4 is 15.5 Å². The molecule has 1 fully saturated rings. The number of sulfone groups is 1. The Morgan fingerprint density at radius 1 is 1.25 bits per heavy atom. The van der Waals surface area contributed by atoms with Crippen LogP contribution in [0, 0.1) is 5.92 Å². The van der Waals surface area contributed by atoms with E-state index < -0.39 is 15.6 Å². The minimum Gasteiger partial charge on any atom is -0.373 e. The van der Waals surface area contributed by atoms with Crippen LogP contribution in [0.2, 0.25) is 0 Å². The lowest BCUT2D eigenvalue weighted by atomic mass is 10.1. The summed E-state index contributed by atoms with van der Waals surface area (Å²) >= 11 is 0. The first-order chi connectivity index (χ1) is 9.43. The maximum absolute atomic E-state index is 12.7. The van der Waals surface area contributed by atoms with E-state index in [1.54, 1.807) is 24.1 Å². The van der Waals surface area contributed by atoms with Gasteiger partial charge in [-0.25, -0.2) is 8.42 Å². The predicted octanol–water partition coefficient (Wildman–Crippen LogP) is 3.31. The highest BCUT2D eigenvalue weighted by molar-refractivity contribution is 7.91. The van der Waals surface area contributed by atoms with E-state index in [4.69, 9.17) is 0 Å². The Bertz CT molecular complexity index is 554. The van der Waals surface area contributed by atoms with Crippen molar-refractivity contribution in [2.45, 2.75) is 36.3 Å². The van der Waals surface area contributed by atoms with Crippen molar-refractivity contribution in [3.63, 3.8) is 0 Å². The number of alkyl halides is 2. The van der Waals surface area contributed by atoms with Crippen LogP contribution < -0.4 is 4.90 Å². The Morgan fingerprint density at radius 2 is 1.85 bits per heavy atom. The van der Waals surface area contributed by atoms with Crippen molar-refractivity contribution in [2.24, 2.45) is 5.92 Å². The Labute approximate surface area is 118 Å². The quantitative estimate of drug-likeness (QED) is 0.837. The molecule has 3 nitrogen and oxygen atoms in total. The second kappa shape index (κ2) is 6.08. The van der Waals surface area contributed by atoms with E-state index in [2.05, 4.69) is 0 Å². The fraction of sp³-hybridized carbons (Fsp3) is 0.571. The van der Waals surface area contributed by atoms with Gasteiger partial charge in [0.2, 0.25) is 9.84 Å². The zero-order valence-corrected chi connectivity index (χ0v) is 12.2. The van der Waals surface area contributed by atoms with Crippen molar-refractivity contribution < 1.29 is 17.2 Å². The van der Waals surface area contributed by atoms with Gasteiger partial charge in [0, 0.05) is 13.6 Å². The molecule has 112 valence electrons. The van der Waals surface area contributed by atoms with Crippen molar-refractivity contribution in [1.29, 1.82) is 0 Å². The molecule has 0 heterocycles. The summed E-state index contributed by atoms with van der Waals surface area (Å²) in [5, 5.41) is 0. The molecule has 2 rings (SSSR count). The van der Waals surface area contributed by atoms with Crippen LogP contribution in [0.3, 0.4) is 0 Å². The van der Waals surface area contributed by atoms with Crippen LogP contribution in [0.5, 0.6) is 0 Å². The molecule has 0 amide bonds. The molecule has 1 aromatic carbocycles. The highest BCUT2D eigenvalue weighted by Gasteiger charge is 2.30. The highest BCUT2D eigenvalue weighted by atomic mass is 32.2. The van der Waals surface area contributed by atoms with Crippen LogP contribution in [0.4, 0.5) is 14.5 Å². The number of para-hydroxylation sites is 1. The molecule has 1 aromatic rings. The monoisotopic (exact) mass is 303 g/mol. The van der Waals surface area contributed by atoms with Gasteiger partial charge >= 0.3 is 5.76 Å². The third-order valence-electron chi connectivity index (χ3n) is 3.82. The molecule has 0 atom stereocenters. The zero-order chi connectivity index (χ0) is 14.8. The number of nitrogens with zero attached hydrogens (tertiary/aromatic N) is 1. The summed E-state index contributed by atoms with van der Waals surface area (Å²) in [6.45, 7) is 0.704. The average Bonchev–Trinajstić information content (AvgIpc) is 2.91. The lowest BCUT2D eigenvalue weighted by Gasteiger charge is -2.25. The van der Waals surface area contributed by atoms with E-state index in [0.717, 1.165) is 12.8 Å². The maximum atomic E-state index is 12.7. The van der Waals surface area contributed by atoms with Crippen molar-refractivity contribution in [2.75, 3.05) is 18.5 Å². The Hall–Kier alpha value is -1.17. The van der Waals surface area contributed by atoms with Crippen LogP contribution >= 0.6 is 0 Å². The van der Waals surface area contributed by atoms with Gasteiger partial charge in [-0.05, 0) is 30.9 Å². The van der Waals surface area contributed by atoms with E-state index in [9.17, 15) is 17.2 Å². The molecule has 0 aliphatic heterocycles. The molecule has 1 saturated carbocycles. The SMILES string of the molecule is CN(CC1CCCC1)c1ccccc1S(=O)(=O)C(F)F. The average molecular weight is 303 g/mol. The van der Waals surface area contributed by atoms with Gasteiger partial charge in [-0.2, -0.15) is 8.78 Å². The number of rotatable bonds is 5. The van der Waals surface area contributed by atoms with Crippen LogP contribution in [-0.2, 0) is 9.84 Å². The van der Waals surface area contributed by atoms with Crippen LogP contribution in [-0.4, -0.2) is 27.8 Å². The molecular formula is C14H19F2NO2S. The number of hydrogen-bond donors (Lipinski definition) is 0. The first kappa shape index (κ1) is 15.2. The number of hydrogen-bond acceptors (Lipinski definition) is 3. The number of halogens is 2. The molecule has 0 aromatic heterocycles. The van der Waals surface area contributed by atoms with E-state index in [0.29, 0.717) is 18.2 Å². The molecule has 20 heavy (non-hydrogen) atoms. The predicted molar refractivity (Wildman–Crippen MR) is 74.9 cm³/mol. The topological polar surface area (TPSA) is 37.4 Å². The normalized spacial score (nSPS) is 16.8. The molecule has 1 aliphatic rings. The van der Waals surface area contributed by atoms with Crippen molar-refractivity contribution in [1.82, 2.24) is 0 Å². The van der Waals surface area contributed by atoms with Gasteiger partial charge in [-0.3, -0.25) is 0 Å². The van der Waals surface area contributed by atoms with Crippen LogP contribution in [0.1, 0.15) is 25.7 Å². The summed E-state index contributed by atoms with van der Waals surface area (Å²) in [7, 11) is -2.80. The van der Waals surface area contributed by atoms with E-state index >= 15 is 0 Å². The summed E-state index contributed by atoms with van der Waals surface area (Å²) in [6, 6.07) is 5.99. The molecule has 0 radical (unpaired) electrons. The summed E-state index contributed by atoms with van der Waals surface area (Å²) < 4.78 is 48.9. The molecule has 0 spiro atoms. The number of anilines is 1. The van der Waals surface area contributed by atoms with Gasteiger partial charge in [0.1, 0.15) is 0 Å². The van der Waals surface area contributed by atoms with Crippen LogP contribution in [0.25, 0.3) is 0 Å². The van der Waals surface area contributed by atoms with Gasteiger partial charge in [-0.1, -0.05) is 25.0 Å². The first-order valence-electron chi connectivity index (χ1n) is 6.75. The molecule has 0 unspecified atom stereocenters. The first-order valence-corrected chi connectivity index (χ1v) is 8.30. The molecule has 0 N–H and O–H groups in total. The third-order valence-corrected chi connectivity index (χ3v) is 5.25. The van der Waals surface area contributed by atoms with Crippen LogP contribution in [0.15, 0.2) is 29.2 Å². The summed E-state index contributed by atoms with van der Waals surface area (Å²) in [5.41, 5.74) is 0.361. The second-order valence-electron chi connectivity index (χ2n) is 5.30. The van der Waals surface area contributed by atoms with Gasteiger partial charge < -0.3 is 4.90 Å². The lowest BCUT2D eigenvalue weighted by Crippen LogP contribution is -2.26. The van der Waals surface area contributed by atoms with Gasteiger partial charge in [0.15, 0.2) is 0 Å². The molecule has 1 aliphatic carbocycles. The van der Waals surface area contributed by atoms with Gasteiger partial charge in [0.25, 0.3) is 0 Å². The third kappa shape index (κ3) is 3.11. The highest BCUT2D eigenvalue weighted by Crippen LogP contribution is 2.31. The van der Waals surface area contributed by atoms with E-state index in [1.165, 1.54) is 25.0 Å². The Balaban J connectivity index is 2.27. The second-order valence-corrected chi connectivity index (χ2v) is 7.19. The maximum Gasteiger partial charge on any atom is 0.341 e. The summed E-state index contributed by atoms with van der Waals surface area (Å²) in [4.78, 5) is 1.50. The summed E-state index contributed by atoms with van der Waals surface area (Å²) in [6.07, 6.45) is 4.62. The van der Waals surface area contributed by atoms with Crippen molar-refractivity contribution in [3.8, 4) is 0 Å². The largest absolute Gasteiger partial charge is 0.373 e.